The third-order valence-electron chi connectivity index (χ3n) is 15.5. The van der Waals surface area contributed by atoms with Gasteiger partial charge in [-0.3, -0.25) is 4.57 Å². The fraction of sp³-hybridized carbons (Fsp3) is 0. The van der Waals surface area contributed by atoms with Crippen LogP contribution >= 0.6 is 0 Å². The number of rotatable bonds is 12. The van der Waals surface area contributed by atoms with Crippen molar-refractivity contribution in [3.8, 4) is 56.7 Å². The van der Waals surface area contributed by atoms with E-state index in [1.807, 2.05) is 0 Å². The van der Waals surface area contributed by atoms with Crippen molar-refractivity contribution < 1.29 is 0 Å². The molecule has 15 aromatic rings. The lowest BCUT2D eigenvalue weighted by Gasteiger charge is -2.25. The van der Waals surface area contributed by atoms with Gasteiger partial charge < -0.3 is 14.4 Å². The van der Waals surface area contributed by atoms with Gasteiger partial charge in [-0.1, -0.05) is 194 Å². The molecule has 0 aliphatic carbocycles. The summed E-state index contributed by atoms with van der Waals surface area (Å²) in [4.78, 5) is 21.3. The van der Waals surface area contributed by atoms with Crippen molar-refractivity contribution in [2.75, 3.05) is 9.80 Å². The molecule has 0 bridgehead atoms. The molecule has 0 saturated carbocycles. The van der Waals surface area contributed by atoms with Crippen LogP contribution in [0.4, 0.5) is 34.1 Å². The average molecular weight is 1050 g/mol. The molecule has 0 amide bonds. The van der Waals surface area contributed by atoms with Crippen LogP contribution in [-0.2, 0) is 0 Å². The first-order chi connectivity index (χ1) is 40.7. The van der Waals surface area contributed by atoms with E-state index in [2.05, 4.69) is 328 Å². The minimum absolute atomic E-state index is 0.516. The molecule has 7 heteroatoms. The topological polar surface area (TPSA) is 55.0 Å². The Bertz CT molecular complexity index is 4710. The van der Waals surface area contributed by atoms with Crippen LogP contribution in [0, 0.1) is 0 Å². The zero-order valence-electron chi connectivity index (χ0n) is 44.6. The van der Waals surface area contributed by atoms with E-state index in [0.29, 0.717) is 17.6 Å². The second-order valence-electron chi connectivity index (χ2n) is 20.4. The normalized spacial score (nSPS) is 11.4. The standard InChI is InChI=1S/C75H51N7/c1-7-24-52(25-8-1)54-42-45-63(53-26-9-2-10-27-53)68(49-54)74-76-73(77-75(78-74)82-70-41-22-20-39-65(70)67-51-62(44-47-72(67)82)80(58-33-15-5-16-34-58)59-35-17-6-18-36-59)55-28-23-37-60(48-55)81-69-40-21-19-38-64(69)66-50-61(43-46-71(66)81)79(56-29-11-3-12-30-56)57-31-13-4-14-32-57/h1-51H. The van der Waals surface area contributed by atoms with Gasteiger partial charge in [-0.15, -0.1) is 0 Å². The molecule has 0 saturated heterocycles. The Morgan fingerprint density at radius 2 is 0.659 bits per heavy atom. The highest BCUT2D eigenvalue weighted by Gasteiger charge is 2.23. The number of hydrogen-bond acceptors (Lipinski definition) is 5. The Morgan fingerprint density at radius 1 is 0.232 bits per heavy atom. The van der Waals surface area contributed by atoms with Crippen molar-refractivity contribution in [2.24, 2.45) is 0 Å². The van der Waals surface area contributed by atoms with Crippen LogP contribution in [0.3, 0.4) is 0 Å². The number of benzene rings is 12. The third kappa shape index (κ3) is 8.61. The number of nitrogens with zero attached hydrogens (tertiary/aromatic N) is 7. The van der Waals surface area contributed by atoms with Crippen LogP contribution in [0.1, 0.15) is 0 Å². The summed E-state index contributed by atoms with van der Waals surface area (Å²) in [7, 11) is 0. The van der Waals surface area contributed by atoms with Crippen LogP contribution in [0.15, 0.2) is 309 Å². The van der Waals surface area contributed by atoms with E-state index < -0.39 is 0 Å². The second-order valence-corrected chi connectivity index (χ2v) is 20.4. The minimum atomic E-state index is 0.516. The molecule has 0 aliphatic rings. The molecule has 7 nitrogen and oxygen atoms in total. The van der Waals surface area contributed by atoms with Gasteiger partial charge in [-0.25, -0.2) is 4.98 Å². The van der Waals surface area contributed by atoms with Gasteiger partial charge in [-0.05, 0) is 138 Å². The molecule has 12 aromatic carbocycles. The highest BCUT2D eigenvalue weighted by atomic mass is 15.2. The van der Waals surface area contributed by atoms with E-state index in [1.54, 1.807) is 0 Å². The summed E-state index contributed by atoms with van der Waals surface area (Å²) in [6.45, 7) is 0. The molecule has 0 unspecified atom stereocenters. The van der Waals surface area contributed by atoms with E-state index in [0.717, 1.165) is 117 Å². The fourth-order valence-corrected chi connectivity index (χ4v) is 11.8. The zero-order chi connectivity index (χ0) is 54.3. The Morgan fingerprint density at radius 3 is 1.20 bits per heavy atom. The third-order valence-corrected chi connectivity index (χ3v) is 15.5. The molecule has 0 radical (unpaired) electrons. The zero-order valence-corrected chi connectivity index (χ0v) is 44.6. The van der Waals surface area contributed by atoms with Gasteiger partial charge in [0.15, 0.2) is 11.6 Å². The Hall–Kier alpha value is -11.2. The Kier molecular flexibility index (Phi) is 12.0. The molecule has 82 heavy (non-hydrogen) atoms. The van der Waals surface area contributed by atoms with Crippen molar-refractivity contribution in [2.45, 2.75) is 0 Å². The van der Waals surface area contributed by atoms with Crippen molar-refractivity contribution in [3.05, 3.63) is 309 Å². The molecule has 0 N–H and O–H groups in total. The number of hydrogen-bond donors (Lipinski definition) is 0. The summed E-state index contributed by atoms with van der Waals surface area (Å²) in [5.74, 6) is 1.63. The van der Waals surface area contributed by atoms with Crippen LogP contribution in [-0.4, -0.2) is 24.1 Å². The lowest BCUT2D eigenvalue weighted by atomic mass is 9.94. The van der Waals surface area contributed by atoms with Crippen molar-refractivity contribution in [3.63, 3.8) is 0 Å². The molecule has 0 spiro atoms. The van der Waals surface area contributed by atoms with E-state index in [9.17, 15) is 0 Å². The van der Waals surface area contributed by atoms with Crippen molar-refractivity contribution in [1.82, 2.24) is 24.1 Å². The molecule has 0 atom stereocenters. The smallest absolute Gasteiger partial charge is 0.238 e. The molecular weight excluding hydrogens is 999 g/mol. The predicted octanol–water partition coefficient (Wildman–Crippen LogP) is 19.7. The first-order valence-electron chi connectivity index (χ1n) is 27.7. The molecule has 0 fully saturated rings. The summed E-state index contributed by atoms with van der Waals surface area (Å²) in [5, 5.41) is 4.48. The maximum absolute atomic E-state index is 5.59. The molecule has 15 rings (SSSR count). The first-order valence-corrected chi connectivity index (χ1v) is 27.7. The summed E-state index contributed by atoms with van der Waals surface area (Å²) < 4.78 is 4.58. The molecular formula is C75H51N7. The molecule has 386 valence electrons. The van der Waals surface area contributed by atoms with Gasteiger partial charge in [0.25, 0.3) is 0 Å². The number of anilines is 6. The summed E-state index contributed by atoms with van der Waals surface area (Å²) >= 11 is 0. The summed E-state index contributed by atoms with van der Waals surface area (Å²) in [6.07, 6.45) is 0. The lowest BCUT2D eigenvalue weighted by molar-refractivity contribution is 0.953. The Balaban J connectivity index is 0.941. The van der Waals surface area contributed by atoms with Crippen LogP contribution in [0.25, 0.3) is 100 Å². The van der Waals surface area contributed by atoms with Gasteiger partial charge >= 0.3 is 0 Å². The predicted molar refractivity (Wildman–Crippen MR) is 340 cm³/mol. The average Bonchev–Trinajstić information content (AvgIpc) is 4.12. The largest absolute Gasteiger partial charge is 0.310 e. The molecule has 3 heterocycles. The number of fused-ring (bicyclic) bond motifs is 6. The highest BCUT2D eigenvalue weighted by Crippen LogP contribution is 2.43. The van der Waals surface area contributed by atoms with E-state index in [-0.39, 0.29) is 0 Å². The molecule has 3 aromatic heterocycles. The van der Waals surface area contributed by atoms with Gasteiger partial charge in [0.2, 0.25) is 5.95 Å². The van der Waals surface area contributed by atoms with E-state index >= 15 is 0 Å². The summed E-state index contributed by atoms with van der Waals surface area (Å²) in [6, 6.07) is 109. The van der Waals surface area contributed by atoms with E-state index in [4.69, 9.17) is 15.0 Å². The maximum atomic E-state index is 5.59. The van der Waals surface area contributed by atoms with Crippen molar-refractivity contribution >= 4 is 77.7 Å². The minimum Gasteiger partial charge on any atom is -0.310 e. The number of aromatic nitrogens is 5. The first kappa shape index (κ1) is 48.0. The SMILES string of the molecule is c1ccc(-c2ccc(-c3ccccc3)c(-c3nc(-c4cccc(-n5c6ccccc6c6cc(N(c7ccccc7)c7ccccc7)ccc65)c4)nc(-n4c5ccccc5c5cc(N(c6ccccc6)c6ccccc6)ccc54)n3)c2)cc1. The lowest BCUT2D eigenvalue weighted by Crippen LogP contribution is -2.10. The highest BCUT2D eigenvalue weighted by molar-refractivity contribution is 6.12. The van der Waals surface area contributed by atoms with Gasteiger partial charge in [0.1, 0.15) is 0 Å². The van der Waals surface area contributed by atoms with Gasteiger partial charge in [0, 0.05) is 72.5 Å². The summed E-state index contributed by atoms with van der Waals surface area (Å²) in [5.41, 5.74) is 17.6. The fourth-order valence-electron chi connectivity index (χ4n) is 11.8. The van der Waals surface area contributed by atoms with Crippen LogP contribution in [0.5, 0.6) is 0 Å². The van der Waals surface area contributed by atoms with E-state index in [1.165, 1.54) is 0 Å². The second kappa shape index (κ2) is 20.6. The quantitative estimate of drug-likeness (QED) is 0.122. The van der Waals surface area contributed by atoms with Gasteiger partial charge in [0.05, 0.1) is 22.1 Å². The maximum Gasteiger partial charge on any atom is 0.238 e. The van der Waals surface area contributed by atoms with Crippen molar-refractivity contribution in [1.29, 1.82) is 0 Å². The molecule has 0 aliphatic heterocycles. The van der Waals surface area contributed by atoms with Gasteiger partial charge in [-0.2, -0.15) is 9.97 Å². The number of para-hydroxylation sites is 6. The Labute approximate surface area is 475 Å². The van der Waals surface area contributed by atoms with Crippen LogP contribution < -0.4 is 9.80 Å². The monoisotopic (exact) mass is 1050 g/mol. The van der Waals surface area contributed by atoms with Crippen LogP contribution in [0.2, 0.25) is 0 Å².